The molecule has 0 unspecified atom stereocenters. The van der Waals surface area contributed by atoms with Gasteiger partial charge in [-0.3, -0.25) is 4.79 Å². The van der Waals surface area contributed by atoms with Crippen LogP contribution in [0.4, 0.5) is 17.6 Å². The molecule has 1 fully saturated rings. The van der Waals surface area contributed by atoms with Gasteiger partial charge >= 0.3 is 0 Å². The first-order valence-corrected chi connectivity index (χ1v) is 8.89. The number of rotatable bonds is 6. The van der Waals surface area contributed by atoms with Crippen molar-refractivity contribution in [2.24, 2.45) is 0 Å². The van der Waals surface area contributed by atoms with Crippen LogP contribution in [0.3, 0.4) is 0 Å². The highest BCUT2D eigenvalue weighted by Gasteiger charge is 2.42. The largest absolute Gasteiger partial charge is 0.379 e. The van der Waals surface area contributed by atoms with E-state index in [4.69, 9.17) is 0 Å². The number of carbonyl (C=O) groups is 1. The van der Waals surface area contributed by atoms with Crippen LogP contribution in [-0.2, 0) is 17.9 Å². The number of halogens is 4. The van der Waals surface area contributed by atoms with Gasteiger partial charge < -0.3 is 15.3 Å². The third-order valence-electron chi connectivity index (χ3n) is 4.84. The van der Waals surface area contributed by atoms with Crippen LogP contribution in [0.1, 0.15) is 24.0 Å². The number of carbonyl (C=O) groups excluding carboxylic acids is 1. The molecule has 8 heteroatoms. The Bertz CT molecular complexity index is 877. The third kappa shape index (κ3) is 4.34. The summed E-state index contributed by atoms with van der Waals surface area (Å²) in [6.45, 7) is -0.111. The summed E-state index contributed by atoms with van der Waals surface area (Å²) in [5.41, 5.74) is -1.66. The normalized spacial score (nSPS) is 19.9. The second kappa shape index (κ2) is 8.28. The highest BCUT2D eigenvalue weighted by atomic mass is 19.2. The maximum absolute atomic E-state index is 13.9. The van der Waals surface area contributed by atoms with Gasteiger partial charge in [0.25, 0.3) is 5.91 Å². The van der Waals surface area contributed by atoms with E-state index in [2.05, 4.69) is 5.32 Å². The molecular formula is C20H20F4N2O2. The van der Waals surface area contributed by atoms with Gasteiger partial charge in [0.15, 0.2) is 17.2 Å². The summed E-state index contributed by atoms with van der Waals surface area (Å²) in [5, 5.41) is 13.5. The molecule has 0 bridgehead atoms. The van der Waals surface area contributed by atoms with Crippen LogP contribution < -0.4 is 5.32 Å². The third-order valence-corrected chi connectivity index (χ3v) is 4.84. The molecule has 0 saturated carbocycles. The molecule has 1 amide bonds. The zero-order valence-corrected chi connectivity index (χ0v) is 15.0. The van der Waals surface area contributed by atoms with Gasteiger partial charge in [0.1, 0.15) is 11.6 Å². The van der Waals surface area contributed by atoms with Crippen LogP contribution in [-0.4, -0.2) is 34.6 Å². The quantitative estimate of drug-likeness (QED) is 0.739. The molecule has 0 radical (unpaired) electrons. The lowest BCUT2D eigenvalue weighted by Gasteiger charge is -2.38. The number of benzene rings is 2. The van der Waals surface area contributed by atoms with Crippen molar-refractivity contribution in [1.29, 1.82) is 0 Å². The molecule has 28 heavy (non-hydrogen) atoms. The maximum atomic E-state index is 13.9. The predicted molar refractivity (Wildman–Crippen MR) is 94.0 cm³/mol. The first-order chi connectivity index (χ1) is 13.3. The predicted octanol–water partition coefficient (Wildman–Crippen LogP) is 2.89. The number of nitrogens with one attached hydrogen (secondary N) is 1. The Morgan fingerprint density at radius 1 is 1.07 bits per heavy atom. The van der Waals surface area contributed by atoms with Gasteiger partial charge in [0.05, 0.1) is 0 Å². The van der Waals surface area contributed by atoms with E-state index >= 15 is 0 Å². The Balaban J connectivity index is 1.65. The molecule has 0 aliphatic carbocycles. The summed E-state index contributed by atoms with van der Waals surface area (Å²) < 4.78 is 54.2. The second-order valence-electron chi connectivity index (χ2n) is 6.91. The molecule has 4 nitrogen and oxygen atoms in total. The maximum Gasteiger partial charge on any atom is 0.256 e. The van der Waals surface area contributed by atoms with Crippen LogP contribution in [0.2, 0.25) is 0 Å². The zero-order valence-electron chi connectivity index (χ0n) is 15.0. The molecule has 2 aromatic carbocycles. The highest BCUT2D eigenvalue weighted by Crippen LogP contribution is 2.25. The smallest absolute Gasteiger partial charge is 0.256 e. The Morgan fingerprint density at radius 3 is 2.64 bits per heavy atom. The average molecular weight is 396 g/mol. The Hall–Kier alpha value is -2.45. The van der Waals surface area contributed by atoms with Crippen LogP contribution in [0, 0.1) is 23.3 Å². The molecule has 150 valence electrons. The summed E-state index contributed by atoms with van der Waals surface area (Å²) in [6.07, 6.45) is 0.641. The number of piperidine rings is 1. The minimum atomic E-state index is -1.76. The van der Waals surface area contributed by atoms with Crippen molar-refractivity contribution in [3.05, 3.63) is 70.8 Å². The molecule has 1 heterocycles. The minimum absolute atomic E-state index is 0.0207. The van der Waals surface area contributed by atoms with E-state index in [1.807, 2.05) is 0 Å². The fraction of sp³-hybridized carbons (Fsp3) is 0.350. The minimum Gasteiger partial charge on any atom is -0.379 e. The van der Waals surface area contributed by atoms with Crippen molar-refractivity contribution in [3.63, 3.8) is 0 Å². The Morgan fingerprint density at radius 2 is 1.86 bits per heavy atom. The van der Waals surface area contributed by atoms with E-state index in [1.165, 1.54) is 17.0 Å². The van der Waals surface area contributed by atoms with Gasteiger partial charge in [0.2, 0.25) is 0 Å². The standard InChI is InChI=1S/C20H20F4N2O2/c21-15-5-6-16(22)14(9-15)10-25-12-20(28)7-2-8-26(19(20)27)11-13-3-1-4-17(23)18(13)24/h1,3-6,9,25,28H,2,7-8,10-12H2/t20-/m0/s1. The van der Waals surface area contributed by atoms with Gasteiger partial charge in [-0.05, 0) is 37.1 Å². The molecule has 0 spiro atoms. The van der Waals surface area contributed by atoms with Crippen molar-refractivity contribution >= 4 is 5.91 Å². The number of nitrogens with zero attached hydrogens (tertiary/aromatic N) is 1. The van der Waals surface area contributed by atoms with E-state index in [0.29, 0.717) is 13.0 Å². The Labute approximate surface area is 159 Å². The van der Waals surface area contributed by atoms with Crippen LogP contribution in [0.25, 0.3) is 0 Å². The van der Waals surface area contributed by atoms with Crippen molar-refractivity contribution in [2.45, 2.75) is 31.5 Å². The fourth-order valence-electron chi connectivity index (χ4n) is 3.34. The molecule has 1 aliphatic rings. The lowest BCUT2D eigenvalue weighted by molar-refractivity contribution is -0.157. The zero-order chi connectivity index (χ0) is 20.3. The molecular weight excluding hydrogens is 376 g/mol. The molecule has 3 rings (SSSR count). The van der Waals surface area contributed by atoms with Crippen LogP contribution >= 0.6 is 0 Å². The SMILES string of the molecule is O=C1N(Cc2cccc(F)c2F)CCC[C@]1(O)CNCc1cc(F)ccc1F. The van der Waals surface area contributed by atoms with Gasteiger partial charge in [-0.2, -0.15) is 0 Å². The number of hydrogen-bond acceptors (Lipinski definition) is 3. The number of hydrogen-bond donors (Lipinski definition) is 2. The summed E-state index contributed by atoms with van der Waals surface area (Å²) in [7, 11) is 0. The lowest BCUT2D eigenvalue weighted by Crippen LogP contribution is -2.57. The summed E-state index contributed by atoms with van der Waals surface area (Å²) in [4.78, 5) is 14.0. The topological polar surface area (TPSA) is 52.6 Å². The van der Waals surface area contributed by atoms with Crippen LogP contribution in [0.5, 0.6) is 0 Å². The van der Waals surface area contributed by atoms with Gasteiger partial charge in [-0.1, -0.05) is 12.1 Å². The first kappa shape index (κ1) is 20.3. The molecule has 1 aliphatic heterocycles. The van der Waals surface area contributed by atoms with Gasteiger partial charge in [0, 0.05) is 37.3 Å². The van der Waals surface area contributed by atoms with E-state index in [0.717, 1.165) is 24.3 Å². The lowest BCUT2D eigenvalue weighted by atomic mass is 9.91. The van der Waals surface area contributed by atoms with E-state index in [9.17, 15) is 27.5 Å². The molecule has 0 aromatic heterocycles. The highest BCUT2D eigenvalue weighted by molar-refractivity contribution is 5.86. The molecule has 1 saturated heterocycles. The molecule has 2 N–H and O–H groups in total. The number of aliphatic hydroxyl groups is 1. The second-order valence-corrected chi connectivity index (χ2v) is 6.91. The van der Waals surface area contributed by atoms with Crippen LogP contribution in [0.15, 0.2) is 36.4 Å². The van der Waals surface area contributed by atoms with Crippen molar-refractivity contribution in [3.8, 4) is 0 Å². The van der Waals surface area contributed by atoms with Gasteiger partial charge in [-0.25, -0.2) is 17.6 Å². The Kier molecular flexibility index (Phi) is 6.00. The van der Waals surface area contributed by atoms with Gasteiger partial charge in [-0.15, -0.1) is 0 Å². The summed E-state index contributed by atoms with van der Waals surface area (Å²) in [5.74, 6) is -3.83. The molecule has 2 aromatic rings. The fourth-order valence-corrected chi connectivity index (χ4v) is 3.34. The van der Waals surface area contributed by atoms with Crippen molar-refractivity contribution in [2.75, 3.05) is 13.1 Å². The molecule has 1 atom stereocenters. The number of likely N-dealkylation sites (tertiary alicyclic amines) is 1. The first-order valence-electron chi connectivity index (χ1n) is 8.89. The van der Waals surface area contributed by atoms with Crippen molar-refractivity contribution < 1.29 is 27.5 Å². The summed E-state index contributed by atoms with van der Waals surface area (Å²) in [6, 6.07) is 6.76. The van der Waals surface area contributed by atoms with E-state index in [1.54, 1.807) is 0 Å². The monoisotopic (exact) mass is 396 g/mol. The average Bonchev–Trinajstić information content (AvgIpc) is 2.66. The summed E-state index contributed by atoms with van der Waals surface area (Å²) >= 11 is 0. The van der Waals surface area contributed by atoms with Crippen molar-refractivity contribution in [1.82, 2.24) is 10.2 Å². The number of amides is 1. The van der Waals surface area contributed by atoms with E-state index in [-0.39, 0.29) is 37.2 Å². The van der Waals surface area contributed by atoms with E-state index < -0.39 is 34.8 Å².